The molecule has 0 bridgehead atoms. The van der Waals surface area contributed by atoms with E-state index in [1.54, 1.807) is 0 Å². The van der Waals surface area contributed by atoms with Crippen molar-refractivity contribution in [1.82, 2.24) is 10.6 Å². The van der Waals surface area contributed by atoms with Gasteiger partial charge in [-0.2, -0.15) is 0 Å². The Balaban J connectivity index is 1.29. The molecular formula is C34H32N2O6. The van der Waals surface area contributed by atoms with Crippen LogP contribution in [0.5, 0.6) is 0 Å². The highest BCUT2D eigenvalue weighted by atomic mass is 16.6. The average Bonchev–Trinajstić information content (AvgIpc) is 3.05. The van der Waals surface area contributed by atoms with Crippen LogP contribution in [0.15, 0.2) is 109 Å². The highest BCUT2D eigenvalue weighted by Crippen LogP contribution is 2.38. The predicted octanol–water partition coefficient (Wildman–Crippen LogP) is 2.89. The molecule has 4 aromatic rings. The summed E-state index contributed by atoms with van der Waals surface area (Å²) >= 11 is 0. The fourth-order valence-corrected chi connectivity index (χ4v) is 5.94. The molecule has 0 saturated carbocycles. The van der Waals surface area contributed by atoms with Crippen molar-refractivity contribution in [2.24, 2.45) is 0 Å². The summed E-state index contributed by atoms with van der Waals surface area (Å²) in [4.78, 5) is 27.0. The van der Waals surface area contributed by atoms with Gasteiger partial charge in [0.15, 0.2) is 12.2 Å². The van der Waals surface area contributed by atoms with Gasteiger partial charge >= 0.3 is 11.9 Å². The molecule has 0 aromatic heterocycles. The van der Waals surface area contributed by atoms with Crippen LogP contribution in [0, 0.1) is 0 Å². The van der Waals surface area contributed by atoms with Crippen LogP contribution >= 0.6 is 0 Å². The lowest BCUT2D eigenvalue weighted by molar-refractivity contribution is -0.190. The van der Waals surface area contributed by atoms with Gasteiger partial charge in [-0.25, -0.2) is 9.59 Å². The van der Waals surface area contributed by atoms with E-state index in [-0.39, 0.29) is 0 Å². The van der Waals surface area contributed by atoms with Crippen molar-refractivity contribution in [2.75, 3.05) is 13.1 Å². The Kier molecular flexibility index (Phi) is 7.62. The molecular weight excluding hydrogens is 532 g/mol. The Morgan fingerprint density at radius 1 is 0.571 bits per heavy atom. The summed E-state index contributed by atoms with van der Waals surface area (Å²) in [6.07, 6.45) is -2.98. The van der Waals surface area contributed by atoms with Crippen LogP contribution in [-0.4, -0.2) is 47.4 Å². The number of aliphatic hydroxyl groups is 2. The first-order chi connectivity index (χ1) is 20.4. The van der Waals surface area contributed by atoms with E-state index in [9.17, 15) is 19.8 Å². The van der Waals surface area contributed by atoms with E-state index in [0.717, 1.165) is 24.0 Å². The van der Waals surface area contributed by atoms with Crippen molar-refractivity contribution in [2.45, 2.75) is 36.5 Å². The molecule has 4 unspecified atom stereocenters. The Morgan fingerprint density at radius 2 is 0.929 bits per heavy atom. The lowest BCUT2D eigenvalue weighted by Crippen LogP contribution is -2.56. The van der Waals surface area contributed by atoms with Crippen LogP contribution < -0.4 is 10.6 Å². The van der Waals surface area contributed by atoms with E-state index in [4.69, 9.17) is 9.47 Å². The minimum absolute atomic E-state index is 0.505. The van der Waals surface area contributed by atoms with Crippen LogP contribution in [0.1, 0.15) is 33.4 Å². The molecule has 0 spiro atoms. The van der Waals surface area contributed by atoms with Crippen LogP contribution in [0.2, 0.25) is 0 Å². The largest absolute Gasteiger partial charge is 0.433 e. The lowest BCUT2D eigenvalue weighted by atomic mass is 9.86. The van der Waals surface area contributed by atoms with Crippen molar-refractivity contribution < 1.29 is 29.3 Å². The van der Waals surface area contributed by atoms with E-state index < -0.39 is 35.6 Å². The number of hydrogen-bond acceptors (Lipinski definition) is 8. The first-order valence-corrected chi connectivity index (χ1v) is 14.0. The third kappa shape index (κ3) is 4.88. The Morgan fingerprint density at radius 3 is 1.33 bits per heavy atom. The SMILES string of the molecule is O=C(OC1(c2ccccc2)NCCc2ccccc21)C(O)C(O)C(=O)OC1(c2ccccc2)NCCc2ccccc21. The Labute approximate surface area is 243 Å². The second-order valence-corrected chi connectivity index (χ2v) is 10.5. The monoisotopic (exact) mass is 564 g/mol. The third-order valence-electron chi connectivity index (χ3n) is 7.98. The van der Waals surface area contributed by atoms with Crippen molar-refractivity contribution in [1.29, 1.82) is 0 Å². The molecule has 8 heteroatoms. The summed E-state index contributed by atoms with van der Waals surface area (Å²) in [5.41, 5.74) is 1.82. The molecule has 42 heavy (non-hydrogen) atoms. The number of carbonyl (C=O) groups excluding carboxylic acids is 2. The molecule has 0 amide bonds. The molecule has 0 aliphatic carbocycles. The van der Waals surface area contributed by atoms with Gasteiger partial charge in [-0.15, -0.1) is 0 Å². The molecule has 2 heterocycles. The smallest absolute Gasteiger partial charge is 0.340 e. The summed E-state index contributed by atoms with van der Waals surface area (Å²) < 4.78 is 12.0. The van der Waals surface area contributed by atoms with Crippen LogP contribution in [0.3, 0.4) is 0 Å². The van der Waals surface area contributed by atoms with Crippen LogP contribution in [0.4, 0.5) is 0 Å². The maximum absolute atomic E-state index is 13.5. The maximum atomic E-state index is 13.5. The summed E-state index contributed by atoms with van der Waals surface area (Å²) in [5, 5.41) is 28.6. The van der Waals surface area contributed by atoms with E-state index in [1.807, 2.05) is 109 Å². The van der Waals surface area contributed by atoms with E-state index in [2.05, 4.69) is 10.6 Å². The highest BCUT2D eigenvalue weighted by Gasteiger charge is 2.47. The quantitative estimate of drug-likeness (QED) is 0.253. The predicted molar refractivity (Wildman–Crippen MR) is 155 cm³/mol. The molecule has 0 radical (unpaired) electrons. The van der Waals surface area contributed by atoms with Gasteiger partial charge in [-0.05, 0) is 24.0 Å². The summed E-state index contributed by atoms with van der Waals surface area (Å²) in [6.45, 7) is 1.01. The number of aliphatic hydroxyl groups excluding tert-OH is 2. The molecule has 0 fully saturated rings. The van der Waals surface area contributed by atoms with Crippen molar-refractivity contribution in [3.63, 3.8) is 0 Å². The Hall–Kier alpha value is -4.34. The van der Waals surface area contributed by atoms with Crippen LogP contribution in [-0.2, 0) is 43.4 Å². The summed E-state index contributed by atoms with van der Waals surface area (Å²) in [5.74, 6) is -2.34. The first-order valence-electron chi connectivity index (χ1n) is 14.0. The number of carbonyl (C=O) groups is 2. The number of benzene rings is 4. The standard InChI is InChI=1S/C34H32N2O6/c37-29(31(39)41-33(25-13-3-1-4-14-25)27-17-9-7-11-23(27)19-21-35-33)30(38)32(40)42-34(26-15-5-2-6-16-26)28-18-10-8-12-24(28)20-22-36-34/h1-18,29-30,35-38H,19-22H2. The second-order valence-electron chi connectivity index (χ2n) is 10.5. The molecule has 8 nitrogen and oxygen atoms in total. The number of ether oxygens (including phenoxy) is 2. The number of fused-ring (bicyclic) bond motifs is 2. The van der Waals surface area contributed by atoms with E-state index in [0.29, 0.717) is 35.3 Å². The van der Waals surface area contributed by atoms with E-state index in [1.165, 1.54) is 0 Å². The maximum Gasteiger partial charge on any atom is 0.340 e. The van der Waals surface area contributed by atoms with Gasteiger partial charge in [-0.3, -0.25) is 10.6 Å². The van der Waals surface area contributed by atoms with Crippen LogP contribution in [0.25, 0.3) is 0 Å². The van der Waals surface area contributed by atoms with Gasteiger partial charge in [0.05, 0.1) is 0 Å². The molecule has 214 valence electrons. The molecule has 4 atom stereocenters. The minimum atomic E-state index is -2.21. The van der Waals surface area contributed by atoms with Gasteiger partial charge in [0.25, 0.3) is 0 Å². The van der Waals surface area contributed by atoms with Gasteiger partial charge in [0.2, 0.25) is 11.4 Å². The summed E-state index contributed by atoms with van der Waals surface area (Å²) in [7, 11) is 0. The minimum Gasteiger partial charge on any atom is -0.433 e. The normalized spacial score (nSPS) is 22.6. The fourth-order valence-electron chi connectivity index (χ4n) is 5.94. The zero-order valence-corrected chi connectivity index (χ0v) is 22.9. The molecule has 4 aromatic carbocycles. The average molecular weight is 565 g/mol. The molecule has 6 rings (SSSR count). The zero-order valence-electron chi connectivity index (χ0n) is 22.9. The van der Waals surface area contributed by atoms with Gasteiger partial charge < -0.3 is 19.7 Å². The molecule has 0 saturated heterocycles. The first kappa shape index (κ1) is 27.8. The number of esters is 2. The van der Waals surface area contributed by atoms with Crippen molar-refractivity contribution >= 4 is 11.9 Å². The zero-order chi connectivity index (χ0) is 29.2. The molecule has 2 aliphatic rings. The number of hydrogen-bond donors (Lipinski definition) is 4. The van der Waals surface area contributed by atoms with Gasteiger partial charge in [0, 0.05) is 35.3 Å². The number of rotatable bonds is 7. The topological polar surface area (TPSA) is 117 Å². The second kappa shape index (κ2) is 11.5. The van der Waals surface area contributed by atoms with Crippen molar-refractivity contribution in [3.8, 4) is 0 Å². The number of nitrogens with one attached hydrogen (secondary N) is 2. The summed E-state index contributed by atoms with van der Waals surface area (Å²) in [6, 6.07) is 33.4. The molecule has 2 aliphatic heterocycles. The van der Waals surface area contributed by atoms with Gasteiger partial charge in [-0.1, -0.05) is 109 Å². The van der Waals surface area contributed by atoms with Crippen molar-refractivity contribution in [3.05, 3.63) is 143 Å². The highest BCUT2D eigenvalue weighted by molar-refractivity contribution is 5.86. The third-order valence-corrected chi connectivity index (χ3v) is 7.98. The molecule has 4 N–H and O–H groups in total. The van der Waals surface area contributed by atoms with Gasteiger partial charge in [0.1, 0.15) is 0 Å². The fraction of sp³-hybridized carbons (Fsp3) is 0.235. The Bertz CT molecular complexity index is 1460. The lowest BCUT2D eigenvalue weighted by Gasteiger charge is -2.41. The van der Waals surface area contributed by atoms with E-state index >= 15 is 0 Å².